The van der Waals surface area contributed by atoms with E-state index in [2.05, 4.69) is 16.0 Å². The first-order chi connectivity index (χ1) is 10.9. The number of urea groups is 1. The Kier molecular flexibility index (Phi) is 4.45. The lowest BCUT2D eigenvalue weighted by Gasteiger charge is -2.42. The molecule has 0 aromatic heterocycles. The molecule has 3 aliphatic rings. The lowest BCUT2D eigenvalue weighted by atomic mass is 10.0. The number of nitrogens with zero attached hydrogens (tertiary/aromatic N) is 2. The zero-order valence-corrected chi connectivity index (χ0v) is 13.4. The normalized spacial score (nSPS) is 29.5. The largest absolute Gasteiger partial charge is 0.362 e. The van der Waals surface area contributed by atoms with Gasteiger partial charge in [-0.25, -0.2) is 9.10 Å². The number of hydrogen-bond acceptors (Lipinski definition) is 6. The van der Waals surface area contributed by atoms with Gasteiger partial charge < -0.3 is 20.9 Å². The molecule has 3 heterocycles. The summed E-state index contributed by atoms with van der Waals surface area (Å²) in [6.45, 7) is 3.29. The monoisotopic (exact) mass is 347 g/mol. The number of likely N-dealkylation sites (tertiary alicyclic amines) is 1. The first-order valence-corrected chi connectivity index (χ1v) is 9.08. The van der Waals surface area contributed by atoms with Crippen LogP contribution in [0.15, 0.2) is 0 Å². The second-order valence-corrected chi connectivity index (χ2v) is 7.30. The minimum atomic E-state index is -4.55. The third kappa shape index (κ3) is 3.13. The zero-order chi connectivity index (χ0) is 16.6. The molecule has 3 rings (SSSR count). The van der Waals surface area contributed by atoms with Crippen LogP contribution >= 0.6 is 0 Å². The zero-order valence-electron chi connectivity index (χ0n) is 12.6. The summed E-state index contributed by atoms with van der Waals surface area (Å²) in [5.41, 5.74) is 0. The Morgan fingerprint density at radius 1 is 1.26 bits per heavy atom. The highest BCUT2D eigenvalue weighted by Crippen LogP contribution is 2.35. The standard InChI is InChI=1S/C12H21N5O5S/c18-11-10-9(17(11)23(20,21)22)2-5-16(10)12(19)15-8-6-13-3-1-4-14-7-8/h8-10,13-14H,1-7H2,(H,15,19)(H,20,21,22)/t9?,10-/m0/s1. The molecular weight excluding hydrogens is 326 g/mol. The molecule has 3 aliphatic heterocycles. The molecule has 0 radical (unpaired) electrons. The van der Waals surface area contributed by atoms with Crippen molar-refractivity contribution in [3.05, 3.63) is 0 Å². The Balaban J connectivity index is 1.60. The second-order valence-electron chi connectivity index (χ2n) is 6.01. The fraction of sp³-hybridized carbons (Fsp3) is 0.833. The Labute approximate surface area is 134 Å². The molecule has 0 spiro atoms. The molecule has 0 aromatic rings. The molecule has 4 N–H and O–H groups in total. The fourth-order valence-corrected chi connectivity index (χ4v) is 4.26. The van der Waals surface area contributed by atoms with Gasteiger partial charge in [0.25, 0.3) is 5.91 Å². The van der Waals surface area contributed by atoms with Crippen molar-refractivity contribution in [3.8, 4) is 0 Å². The summed E-state index contributed by atoms with van der Waals surface area (Å²) in [4.78, 5) is 25.7. The van der Waals surface area contributed by atoms with Crippen molar-refractivity contribution in [3.63, 3.8) is 0 Å². The van der Waals surface area contributed by atoms with E-state index in [-0.39, 0.29) is 18.6 Å². The first-order valence-electron chi connectivity index (χ1n) is 7.69. The van der Waals surface area contributed by atoms with E-state index in [1.54, 1.807) is 0 Å². The average molecular weight is 347 g/mol. The maximum Gasteiger partial charge on any atom is 0.362 e. The van der Waals surface area contributed by atoms with E-state index < -0.39 is 28.3 Å². The molecule has 3 saturated heterocycles. The van der Waals surface area contributed by atoms with E-state index in [1.165, 1.54) is 4.90 Å². The van der Waals surface area contributed by atoms with Crippen LogP contribution in [0.3, 0.4) is 0 Å². The number of carbonyl (C=O) groups is 2. The number of hydrogen-bond donors (Lipinski definition) is 4. The van der Waals surface area contributed by atoms with Gasteiger partial charge in [0.1, 0.15) is 6.04 Å². The van der Waals surface area contributed by atoms with Gasteiger partial charge in [0.05, 0.1) is 12.1 Å². The highest BCUT2D eigenvalue weighted by Gasteiger charge is 2.60. The number of β-lactam (4-membered cyclic amide) rings is 1. The molecule has 0 saturated carbocycles. The molecule has 0 aliphatic carbocycles. The summed E-state index contributed by atoms with van der Waals surface area (Å²) in [6, 6.07) is -1.94. The molecule has 11 heteroatoms. The van der Waals surface area contributed by atoms with Gasteiger partial charge >= 0.3 is 16.3 Å². The van der Waals surface area contributed by atoms with Crippen molar-refractivity contribution in [1.82, 2.24) is 25.2 Å². The maximum atomic E-state index is 12.4. The second kappa shape index (κ2) is 6.23. The van der Waals surface area contributed by atoms with E-state index in [4.69, 9.17) is 4.55 Å². The SMILES string of the molecule is O=C(NC1CNCCCNC1)N1CCC2[C@H]1C(=O)N2S(=O)(=O)O. The van der Waals surface area contributed by atoms with Crippen LogP contribution in [0.4, 0.5) is 4.79 Å². The molecule has 3 fully saturated rings. The van der Waals surface area contributed by atoms with Crippen LogP contribution in [0, 0.1) is 0 Å². The van der Waals surface area contributed by atoms with Crippen LogP contribution in [0.25, 0.3) is 0 Å². The van der Waals surface area contributed by atoms with Gasteiger partial charge in [-0.1, -0.05) is 0 Å². The molecule has 10 nitrogen and oxygen atoms in total. The van der Waals surface area contributed by atoms with Gasteiger partial charge in [-0.2, -0.15) is 8.42 Å². The van der Waals surface area contributed by atoms with Crippen molar-refractivity contribution in [2.24, 2.45) is 0 Å². The van der Waals surface area contributed by atoms with Crippen LogP contribution in [0.2, 0.25) is 0 Å². The molecule has 0 bridgehead atoms. The topological polar surface area (TPSA) is 131 Å². The highest BCUT2D eigenvalue weighted by atomic mass is 32.2. The van der Waals surface area contributed by atoms with E-state index in [0.717, 1.165) is 19.5 Å². The quantitative estimate of drug-likeness (QED) is 0.327. The Bertz CT molecular complexity index is 589. The third-order valence-electron chi connectivity index (χ3n) is 4.46. The van der Waals surface area contributed by atoms with Crippen molar-refractivity contribution in [2.45, 2.75) is 31.0 Å². The van der Waals surface area contributed by atoms with Crippen molar-refractivity contribution < 1.29 is 22.6 Å². The molecule has 1 unspecified atom stereocenters. The number of amides is 3. The van der Waals surface area contributed by atoms with Crippen molar-refractivity contribution >= 4 is 22.2 Å². The van der Waals surface area contributed by atoms with Crippen LogP contribution in [-0.4, -0.2) is 85.0 Å². The van der Waals surface area contributed by atoms with Crippen LogP contribution in [0.1, 0.15) is 12.8 Å². The van der Waals surface area contributed by atoms with Gasteiger partial charge in [-0.05, 0) is 25.9 Å². The Morgan fingerprint density at radius 3 is 2.52 bits per heavy atom. The van der Waals surface area contributed by atoms with E-state index in [1.807, 2.05) is 0 Å². The summed E-state index contributed by atoms with van der Waals surface area (Å²) < 4.78 is 31.8. The summed E-state index contributed by atoms with van der Waals surface area (Å²) in [5, 5.41) is 9.35. The number of nitrogens with one attached hydrogen (secondary N) is 3. The minimum Gasteiger partial charge on any atom is -0.333 e. The van der Waals surface area contributed by atoms with Crippen molar-refractivity contribution in [2.75, 3.05) is 32.7 Å². The predicted octanol–water partition coefficient (Wildman–Crippen LogP) is -2.26. The van der Waals surface area contributed by atoms with Crippen molar-refractivity contribution in [1.29, 1.82) is 0 Å². The summed E-state index contributed by atoms with van der Waals surface area (Å²) in [6.07, 6.45) is 1.36. The minimum absolute atomic E-state index is 0.102. The van der Waals surface area contributed by atoms with Gasteiger partial charge in [-0.3, -0.25) is 9.35 Å². The maximum absolute atomic E-state index is 12.4. The summed E-state index contributed by atoms with van der Waals surface area (Å²) in [5.74, 6) is -0.751. The summed E-state index contributed by atoms with van der Waals surface area (Å²) >= 11 is 0. The smallest absolute Gasteiger partial charge is 0.333 e. The van der Waals surface area contributed by atoms with Crippen LogP contribution < -0.4 is 16.0 Å². The molecule has 2 atom stereocenters. The van der Waals surface area contributed by atoms with E-state index in [0.29, 0.717) is 23.8 Å². The number of fused-ring (bicyclic) bond motifs is 1. The summed E-state index contributed by atoms with van der Waals surface area (Å²) in [7, 11) is -4.55. The van der Waals surface area contributed by atoms with Gasteiger partial charge in [-0.15, -0.1) is 0 Å². The lowest BCUT2D eigenvalue weighted by molar-refractivity contribution is -0.143. The average Bonchev–Trinajstić information content (AvgIpc) is 2.78. The van der Waals surface area contributed by atoms with E-state index in [9.17, 15) is 18.0 Å². The Morgan fingerprint density at radius 2 is 1.91 bits per heavy atom. The lowest BCUT2D eigenvalue weighted by Crippen LogP contribution is -2.69. The van der Waals surface area contributed by atoms with Gasteiger partial charge in [0, 0.05) is 19.6 Å². The van der Waals surface area contributed by atoms with E-state index >= 15 is 0 Å². The molecule has 23 heavy (non-hydrogen) atoms. The van der Waals surface area contributed by atoms with Gasteiger partial charge in [0.15, 0.2) is 0 Å². The molecular formula is C12H21N5O5S. The number of rotatable bonds is 2. The fourth-order valence-electron chi connectivity index (χ4n) is 3.37. The third-order valence-corrected chi connectivity index (χ3v) is 5.41. The molecule has 130 valence electrons. The van der Waals surface area contributed by atoms with Crippen LogP contribution in [0.5, 0.6) is 0 Å². The van der Waals surface area contributed by atoms with Crippen LogP contribution in [-0.2, 0) is 15.1 Å². The molecule has 0 aromatic carbocycles. The number of carbonyl (C=O) groups excluding carboxylic acids is 2. The Hall–Kier alpha value is -1.43. The predicted molar refractivity (Wildman–Crippen MR) is 80.0 cm³/mol. The first kappa shape index (κ1) is 16.4. The van der Waals surface area contributed by atoms with Gasteiger partial charge in [0.2, 0.25) is 0 Å². The molecule has 3 amide bonds. The highest BCUT2D eigenvalue weighted by molar-refractivity contribution is 7.84.